The maximum absolute atomic E-state index is 11.5. The first-order valence-corrected chi connectivity index (χ1v) is 6.53. The summed E-state index contributed by atoms with van der Waals surface area (Å²) in [5, 5.41) is 7.47. The molecule has 1 atom stereocenters. The van der Waals surface area contributed by atoms with Crippen molar-refractivity contribution in [2.75, 3.05) is 6.54 Å². The summed E-state index contributed by atoms with van der Waals surface area (Å²) < 4.78 is 25.3. The molecule has 0 amide bonds. The van der Waals surface area contributed by atoms with Crippen molar-refractivity contribution < 1.29 is 8.42 Å². The topological polar surface area (TPSA) is 96.0 Å². The maximum atomic E-state index is 11.5. The van der Waals surface area contributed by atoms with Gasteiger partial charge in [-0.1, -0.05) is 13.8 Å². The van der Waals surface area contributed by atoms with Crippen LogP contribution in [0.2, 0.25) is 0 Å². The van der Waals surface area contributed by atoms with E-state index < -0.39 is 20.8 Å². The van der Waals surface area contributed by atoms with Crippen molar-refractivity contribution in [2.45, 2.75) is 44.4 Å². The molecule has 15 heavy (non-hydrogen) atoms. The normalized spacial score (nSPS) is 14.6. The zero-order valence-corrected chi connectivity index (χ0v) is 10.3. The number of nitrogens with zero attached hydrogens (tertiary/aromatic N) is 1. The molecular formula is C9H19N3O2S. The lowest BCUT2D eigenvalue weighted by Gasteiger charge is -2.26. The van der Waals surface area contributed by atoms with Crippen LogP contribution in [0.15, 0.2) is 0 Å². The van der Waals surface area contributed by atoms with Crippen LogP contribution < -0.4 is 10.5 Å². The van der Waals surface area contributed by atoms with Crippen LogP contribution in [0.1, 0.15) is 33.6 Å². The molecule has 0 heterocycles. The molecule has 0 aromatic rings. The van der Waals surface area contributed by atoms with Gasteiger partial charge in [0.1, 0.15) is 0 Å². The van der Waals surface area contributed by atoms with Crippen molar-refractivity contribution in [1.29, 1.82) is 5.26 Å². The van der Waals surface area contributed by atoms with Crippen LogP contribution >= 0.6 is 0 Å². The molecule has 0 fully saturated rings. The van der Waals surface area contributed by atoms with Gasteiger partial charge >= 0.3 is 0 Å². The Bertz CT molecular complexity index is 328. The van der Waals surface area contributed by atoms with Gasteiger partial charge in [0, 0.05) is 12.1 Å². The SMILES string of the molecule is CCC(N)(CC)CNS(=O)(=O)C(C)C#N. The van der Waals surface area contributed by atoms with Crippen molar-refractivity contribution in [3.05, 3.63) is 0 Å². The Balaban J connectivity index is 4.47. The van der Waals surface area contributed by atoms with Crippen LogP contribution in [0.4, 0.5) is 0 Å². The summed E-state index contributed by atoms with van der Waals surface area (Å²) >= 11 is 0. The minimum absolute atomic E-state index is 0.175. The quantitative estimate of drug-likeness (QED) is 0.691. The fourth-order valence-electron chi connectivity index (χ4n) is 0.939. The first kappa shape index (κ1) is 14.4. The number of nitrogens with two attached hydrogens (primary N) is 1. The predicted octanol–water partition coefficient (Wildman–Crippen LogP) is 0.335. The molecule has 0 saturated carbocycles. The average Bonchev–Trinajstić information content (AvgIpc) is 2.24. The summed E-state index contributed by atoms with van der Waals surface area (Å²) in [7, 11) is -3.55. The van der Waals surface area contributed by atoms with Crippen LogP contribution in [0.3, 0.4) is 0 Å². The van der Waals surface area contributed by atoms with Gasteiger partial charge in [-0.15, -0.1) is 0 Å². The number of nitriles is 1. The third-order valence-electron chi connectivity index (χ3n) is 2.68. The molecule has 3 N–H and O–H groups in total. The third kappa shape index (κ3) is 4.16. The lowest BCUT2D eigenvalue weighted by atomic mass is 9.95. The van der Waals surface area contributed by atoms with Crippen molar-refractivity contribution >= 4 is 10.0 Å². The van der Waals surface area contributed by atoms with E-state index in [2.05, 4.69) is 4.72 Å². The second-order valence-electron chi connectivity index (χ2n) is 3.71. The van der Waals surface area contributed by atoms with Crippen molar-refractivity contribution in [2.24, 2.45) is 5.73 Å². The highest BCUT2D eigenvalue weighted by molar-refractivity contribution is 7.90. The van der Waals surface area contributed by atoms with Gasteiger partial charge in [-0.3, -0.25) is 0 Å². The van der Waals surface area contributed by atoms with Crippen molar-refractivity contribution in [3.8, 4) is 6.07 Å². The molecule has 0 aromatic heterocycles. The maximum Gasteiger partial charge on any atom is 0.227 e. The first-order chi connectivity index (χ1) is 6.81. The van der Waals surface area contributed by atoms with Crippen LogP contribution in [-0.2, 0) is 10.0 Å². The van der Waals surface area contributed by atoms with Gasteiger partial charge < -0.3 is 5.73 Å². The Morgan fingerprint density at radius 1 is 1.47 bits per heavy atom. The van der Waals surface area contributed by atoms with Gasteiger partial charge in [-0.2, -0.15) is 5.26 Å². The number of rotatable bonds is 6. The second-order valence-corrected chi connectivity index (χ2v) is 5.79. The van der Waals surface area contributed by atoms with Gasteiger partial charge in [0.15, 0.2) is 5.25 Å². The zero-order chi connectivity index (χ0) is 12.1. The minimum Gasteiger partial charge on any atom is -0.324 e. The summed E-state index contributed by atoms with van der Waals surface area (Å²) in [6, 6.07) is 1.69. The van der Waals surface area contributed by atoms with E-state index in [4.69, 9.17) is 11.0 Å². The summed E-state index contributed by atoms with van der Waals surface area (Å²) in [5.74, 6) is 0. The number of nitrogens with one attached hydrogen (secondary N) is 1. The van der Waals surface area contributed by atoms with Gasteiger partial charge in [-0.05, 0) is 19.8 Å². The zero-order valence-electron chi connectivity index (χ0n) is 9.45. The molecule has 5 nitrogen and oxygen atoms in total. The molecule has 1 unspecified atom stereocenters. The monoisotopic (exact) mass is 233 g/mol. The number of sulfonamides is 1. The molecule has 0 aliphatic rings. The molecule has 0 bridgehead atoms. The molecule has 0 aliphatic heterocycles. The molecule has 0 saturated heterocycles. The first-order valence-electron chi connectivity index (χ1n) is 4.98. The van der Waals surface area contributed by atoms with E-state index >= 15 is 0 Å². The highest BCUT2D eigenvalue weighted by atomic mass is 32.2. The van der Waals surface area contributed by atoms with E-state index in [1.807, 2.05) is 13.8 Å². The third-order valence-corrected chi connectivity index (χ3v) is 4.26. The summed E-state index contributed by atoms with van der Waals surface area (Å²) in [6.45, 7) is 5.34. The Kier molecular flexibility index (Phi) is 5.21. The van der Waals surface area contributed by atoms with E-state index in [1.54, 1.807) is 6.07 Å². The molecule has 0 radical (unpaired) electrons. The second kappa shape index (κ2) is 5.45. The lowest BCUT2D eigenvalue weighted by Crippen LogP contribution is -2.50. The van der Waals surface area contributed by atoms with E-state index in [0.717, 1.165) is 0 Å². The molecule has 0 aromatic carbocycles. The molecular weight excluding hydrogens is 214 g/mol. The van der Waals surface area contributed by atoms with Crippen LogP contribution in [0.25, 0.3) is 0 Å². The highest BCUT2D eigenvalue weighted by Gasteiger charge is 2.26. The summed E-state index contributed by atoms with van der Waals surface area (Å²) in [5.41, 5.74) is 5.41. The molecule has 6 heteroatoms. The number of hydrogen-bond donors (Lipinski definition) is 2. The predicted molar refractivity (Wildman–Crippen MR) is 59.5 cm³/mol. The van der Waals surface area contributed by atoms with Crippen molar-refractivity contribution in [3.63, 3.8) is 0 Å². The van der Waals surface area contributed by atoms with Gasteiger partial charge in [0.25, 0.3) is 0 Å². The highest BCUT2D eigenvalue weighted by Crippen LogP contribution is 2.10. The smallest absolute Gasteiger partial charge is 0.227 e. The summed E-state index contributed by atoms with van der Waals surface area (Å²) in [6.07, 6.45) is 1.37. The minimum atomic E-state index is -3.55. The Morgan fingerprint density at radius 2 is 1.93 bits per heavy atom. The van der Waals surface area contributed by atoms with E-state index in [9.17, 15) is 8.42 Å². The van der Waals surface area contributed by atoms with E-state index in [0.29, 0.717) is 12.8 Å². The van der Waals surface area contributed by atoms with Crippen molar-refractivity contribution in [1.82, 2.24) is 4.72 Å². The lowest BCUT2D eigenvalue weighted by molar-refractivity contribution is 0.391. The van der Waals surface area contributed by atoms with E-state index in [1.165, 1.54) is 6.92 Å². The van der Waals surface area contributed by atoms with Crippen LogP contribution in [-0.4, -0.2) is 25.8 Å². The molecule has 0 spiro atoms. The Morgan fingerprint density at radius 3 is 2.27 bits per heavy atom. The largest absolute Gasteiger partial charge is 0.324 e. The van der Waals surface area contributed by atoms with Crippen LogP contribution in [0, 0.1) is 11.3 Å². The van der Waals surface area contributed by atoms with E-state index in [-0.39, 0.29) is 6.54 Å². The Hall–Kier alpha value is -0.640. The molecule has 88 valence electrons. The van der Waals surface area contributed by atoms with Crippen LogP contribution in [0.5, 0.6) is 0 Å². The average molecular weight is 233 g/mol. The van der Waals surface area contributed by atoms with Gasteiger partial charge in [0.2, 0.25) is 10.0 Å². The summed E-state index contributed by atoms with van der Waals surface area (Å²) in [4.78, 5) is 0. The van der Waals surface area contributed by atoms with Gasteiger partial charge in [0.05, 0.1) is 6.07 Å². The Labute approximate surface area is 91.7 Å². The fourth-order valence-corrected chi connectivity index (χ4v) is 1.82. The standard InChI is InChI=1S/C9H19N3O2S/c1-4-9(11,5-2)7-12-15(13,14)8(3)6-10/h8,12H,4-5,7,11H2,1-3H3. The van der Waals surface area contributed by atoms with Gasteiger partial charge in [-0.25, -0.2) is 13.1 Å². The fraction of sp³-hybridized carbons (Fsp3) is 0.889. The molecule has 0 aliphatic carbocycles. The number of hydrogen-bond acceptors (Lipinski definition) is 4. The molecule has 0 rings (SSSR count).